The lowest BCUT2D eigenvalue weighted by Gasteiger charge is -2.22. The molecule has 0 aliphatic rings. The Balaban J connectivity index is 2.07. The zero-order chi connectivity index (χ0) is 15.6. The second-order valence-electron chi connectivity index (χ2n) is 6.61. The third-order valence-electron chi connectivity index (χ3n) is 3.81. The van der Waals surface area contributed by atoms with Crippen LogP contribution in [0, 0.1) is 0 Å². The smallest absolute Gasteiger partial charge is 0.0402 e. The van der Waals surface area contributed by atoms with Gasteiger partial charge in [-0.2, -0.15) is 0 Å². The summed E-state index contributed by atoms with van der Waals surface area (Å²) in [4.78, 5) is 1.35. The normalized spacial score (nSPS) is 15.0. The third-order valence-corrected chi connectivity index (χ3v) is 5.87. The minimum atomic E-state index is 0.213. The molecule has 0 bridgehead atoms. The van der Waals surface area contributed by atoms with E-state index in [9.17, 15) is 0 Å². The molecule has 0 spiro atoms. The zero-order valence-electron chi connectivity index (χ0n) is 13.4. The summed E-state index contributed by atoms with van der Waals surface area (Å²) >= 11 is 5.41. The van der Waals surface area contributed by atoms with Crippen LogP contribution in [0.15, 0.2) is 40.2 Å². The second kappa shape index (κ2) is 6.64. The van der Waals surface area contributed by atoms with Crippen molar-refractivity contribution in [3.63, 3.8) is 0 Å². The molecule has 1 N–H and O–H groups in total. The first-order valence-electron chi connectivity index (χ1n) is 7.38. The molecule has 2 rings (SSSR count). The molecule has 2 atom stereocenters. The summed E-state index contributed by atoms with van der Waals surface area (Å²) in [5, 5.41) is 5.80. The maximum absolute atomic E-state index is 3.68. The fraction of sp³-hybridized carbons (Fsp3) is 0.444. The SMILES string of the molecule is CC(NC(C)c1sccc1Br)c1ccc(C(C)(C)C)cc1. The average Bonchev–Trinajstić information content (AvgIpc) is 2.84. The molecule has 2 aromatic rings. The highest BCUT2D eigenvalue weighted by molar-refractivity contribution is 9.10. The largest absolute Gasteiger partial charge is 0.303 e. The summed E-state index contributed by atoms with van der Waals surface area (Å²) in [6.07, 6.45) is 0. The van der Waals surface area contributed by atoms with E-state index < -0.39 is 0 Å². The highest BCUT2D eigenvalue weighted by atomic mass is 79.9. The van der Waals surface area contributed by atoms with E-state index in [-0.39, 0.29) is 5.41 Å². The van der Waals surface area contributed by atoms with Gasteiger partial charge in [0.05, 0.1) is 0 Å². The van der Waals surface area contributed by atoms with Crippen LogP contribution in [-0.4, -0.2) is 0 Å². The second-order valence-corrected chi connectivity index (χ2v) is 8.42. The van der Waals surface area contributed by atoms with Crippen molar-refractivity contribution in [1.82, 2.24) is 5.32 Å². The lowest BCUT2D eigenvalue weighted by atomic mass is 9.86. The van der Waals surface area contributed by atoms with Gasteiger partial charge in [-0.3, -0.25) is 0 Å². The molecule has 1 nitrogen and oxygen atoms in total. The van der Waals surface area contributed by atoms with Crippen LogP contribution in [0.1, 0.15) is 62.7 Å². The van der Waals surface area contributed by atoms with Crippen molar-refractivity contribution in [2.45, 2.75) is 52.1 Å². The van der Waals surface area contributed by atoms with E-state index in [4.69, 9.17) is 0 Å². The van der Waals surface area contributed by atoms with Crippen LogP contribution in [0.4, 0.5) is 0 Å². The average molecular weight is 366 g/mol. The monoisotopic (exact) mass is 365 g/mol. The van der Waals surface area contributed by atoms with E-state index in [0.29, 0.717) is 12.1 Å². The van der Waals surface area contributed by atoms with Crippen LogP contribution in [0.3, 0.4) is 0 Å². The number of thiophene rings is 1. The first kappa shape index (κ1) is 16.7. The Morgan fingerprint density at radius 2 is 1.62 bits per heavy atom. The highest BCUT2D eigenvalue weighted by Gasteiger charge is 2.16. The van der Waals surface area contributed by atoms with Crippen molar-refractivity contribution >= 4 is 27.3 Å². The Labute approximate surface area is 140 Å². The van der Waals surface area contributed by atoms with E-state index in [1.54, 1.807) is 11.3 Å². The maximum atomic E-state index is 3.68. The van der Waals surface area contributed by atoms with E-state index in [0.717, 1.165) is 0 Å². The number of hydrogen-bond acceptors (Lipinski definition) is 2. The Bertz CT molecular complexity index is 580. The number of rotatable bonds is 4. The molecule has 21 heavy (non-hydrogen) atoms. The topological polar surface area (TPSA) is 12.0 Å². The molecule has 1 aromatic heterocycles. The number of nitrogens with one attached hydrogen (secondary N) is 1. The maximum Gasteiger partial charge on any atom is 0.0402 e. The van der Waals surface area contributed by atoms with Crippen LogP contribution < -0.4 is 5.32 Å². The van der Waals surface area contributed by atoms with Crippen LogP contribution in [0.2, 0.25) is 0 Å². The van der Waals surface area contributed by atoms with Gasteiger partial charge in [-0.1, -0.05) is 45.0 Å². The van der Waals surface area contributed by atoms with E-state index in [2.05, 4.69) is 91.6 Å². The van der Waals surface area contributed by atoms with Crippen LogP contribution in [-0.2, 0) is 5.41 Å². The molecule has 0 radical (unpaired) electrons. The van der Waals surface area contributed by atoms with E-state index in [1.807, 2.05) is 0 Å². The molecule has 0 saturated carbocycles. The molecule has 1 heterocycles. The fourth-order valence-electron chi connectivity index (χ4n) is 2.43. The molecular weight excluding hydrogens is 342 g/mol. The summed E-state index contributed by atoms with van der Waals surface area (Å²) < 4.78 is 1.20. The summed E-state index contributed by atoms with van der Waals surface area (Å²) in [5.41, 5.74) is 2.93. The molecule has 0 aliphatic carbocycles. The minimum Gasteiger partial charge on any atom is -0.303 e. The van der Waals surface area contributed by atoms with Gasteiger partial charge in [0.1, 0.15) is 0 Å². The van der Waals surface area contributed by atoms with Gasteiger partial charge in [-0.15, -0.1) is 11.3 Å². The lowest BCUT2D eigenvalue weighted by Crippen LogP contribution is -2.22. The van der Waals surface area contributed by atoms with Gasteiger partial charge in [0.15, 0.2) is 0 Å². The van der Waals surface area contributed by atoms with Gasteiger partial charge in [-0.25, -0.2) is 0 Å². The molecule has 2 unspecified atom stereocenters. The zero-order valence-corrected chi connectivity index (χ0v) is 15.8. The van der Waals surface area contributed by atoms with E-state index >= 15 is 0 Å². The highest BCUT2D eigenvalue weighted by Crippen LogP contribution is 2.31. The standard InChI is InChI=1S/C18H24BrNS/c1-12(20-13(2)17-16(19)10-11-21-17)14-6-8-15(9-7-14)18(3,4)5/h6-13,20H,1-5H3. The summed E-state index contributed by atoms with van der Waals surface area (Å²) in [6.45, 7) is 11.2. The molecule has 0 fully saturated rings. The molecule has 0 amide bonds. The van der Waals surface area contributed by atoms with Gasteiger partial charge in [-0.05, 0) is 57.8 Å². The van der Waals surface area contributed by atoms with Crippen molar-refractivity contribution in [2.75, 3.05) is 0 Å². The van der Waals surface area contributed by atoms with Crippen LogP contribution in [0.25, 0.3) is 0 Å². The lowest BCUT2D eigenvalue weighted by molar-refractivity contribution is 0.498. The summed E-state index contributed by atoms with van der Waals surface area (Å²) in [7, 11) is 0. The Kier molecular flexibility index (Phi) is 5.29. The molecular formula is C18H24BrNS. The van der Waals surface area contributed by atoms with Gasteiger partial charge in [0.2, 0.25) is 0 Å². The van der Waals surface area contributed by atoms with Crippen molar-refractivity contribution in [3.8, 4) is 0 Å². The predicted molar refractivity (Wildman–Crippen MR) is 97.1 cm³/mol. The molecule has 3 heteroatoms. The minimum absolute atomic E-state index is 0.213. The molecule has 0 aliphatic heterocycles. The third kappa shape index (κ3) is 4.18. The van der Waals surface area contributed by atoms with Gasteiger partial charge >= 0.3 is 0 Å². The number of halogens is 1. The van der Waals surface area contributed by atoms with Crippen molar-refractivity contribution < 1.29 is 0 Å². The molecule has 0 saturated heterocycles. The quantitative estimate of drug-likeness (QED) is 0.677. The van der Waals surface area contributed by atoms with E-state index in [1.165, 1.54) is 20.5 Å². The molecule has 114 valence electrons. The van der Waals surface area contributed by atoms with Gasteiger partial charge in [0, 0.05) is 21.4 Å². The fourth-order valence-corrected chi connectivity index (χ4v) is 4.17. The van der Waals surface area contributed by atoms with Gasteiger partial charge in [0.25, 0.3) is 0 Å². The van der Waals surface area contributed by atoms with Crippen LogP contribution in [0.5, 0.6) is 0 Å². The predicted octanol–water partition coefficient (Wildman–Crippen LogP) is 6.22. The van der Waals surface area contributed by atoms with Crippen molar-refractivity contribution in [1.29, 1.82) is 0 Å². The van der Waals surface area contributed by atoms with Crippen LogP contribution >= 0.6 is 27.3 Å². The Morgan fingerprint density at radius 3 is 2.10 bits per heavy atom. The first-order valence-corrected chi connectivity index (χ1v) is 9.05. The first-order chi connectivity index (χ1) is 9.79. The summed E-state index contributed by atoms with van der Waals surface area (Å²) in [6, 6.07) is 11.8. The Hall–Kier alpha value is -0.640. The van der Waals surface area contributed by atoms with Crippen molar-refractivity contribution in [2.24, 2.45) is 0 Å². The van der Waals surface area contributed by atoms with Crippen molar-refractivity contribution in [3.05, 3.63) is 56.2 Å². The summed E-state index contributed by atoms with van der Waals surface area (Å²) in [5.74, 6) is 0. The molecule has 1 aromatic carbocycles. The number of benzene rings is 1. The number of hydrogen-bond donors (Lipinski definition) is 1. The van der Waals surface area contributed by atoms with Gasteiger partial charge < -0.3 is 5.32 Å². The Morgan fingerprint density at radius 1 is 1.00 bits per heavy atom.